The average Bonchev–Trinajstić information content (AvgIpc) is 2.57. The van der Waals surface area contributed by atoms with Crippen LogP contribution in [0.1, 0.15) is 27.2 Å². The predicted octanol–water partition coefficient (Wildman–Crippen LogP) is 2.61. The van der Waals surface area contributed by atoms with Crippen LogP contribution in [0.2, 0.25) is 24.2 Å². The van der Waals surface area contributed by atoms with Gasteiger partial charge in [0, 0.05) is 0 Å². The first-order valence-electron chi connectivity index (χ1n) is 5.39. The van der Waals surface area contributed by atoms with Gasteiger partial charge in [-0.05, 0) is 18.9 Å². The molecule has 0 aromatic heterocycles. The fraction of sp³-hybridized carbons (Fsp3) is 1.00. The molecule has 0 saturated heterocycles. The molecule has 0 heterocycles. The minimum atomic E-state index is -3.32. The van der Waals surface area contributed by atoms with Gasteiger partial charge in [0.15, 0.2) is 0 Å². The van der Waals surface area contributed by atoms with E-state index in [1.165, 1.54) is 0 Å². The molecule has 0 aliphatic heterocycles. The fourth-order valence-electron chi connectivity index (χ4n) is 2.24. The van der Waals surface area contributed by atoms with E-state index in [2.05, 4.69) is 26.9 Å². The molecule has 1 rings (SSSR count). The molecule has 2 atom stereocenters. The third kappa shape index (κ3) is 2.82. The van der Waals surface area contributed by atoms with Gasteiger partial charge in [-0.2, -0.15) is 8.42 Å². The van der Waals surface area contributed by atoms with Crippen molar-refractivity contribution in [1.29, 1.82) is 0 Å². The molecule has 3 nitrogen and oxygen atoms in total. The van der Waals surface area contributed by atoms with Crippen LogP contribution < -0.4 is 0 Å². The van der Waals surface area contributed by atoms with Crippen molar-refractivity contribution in [3.05, 3.63) is 0 Å². The van der Waals surface area contributed by atoms with Crippen LogP contribution in [0.4, 0.5) is 0 Å². The van der Waals surface area contributed by atoms with Gasteiger partial charge in [-0.25, -0.2) is 0 Å². The zero-order valence-electron chi connectivity index (χ0n) is 10.5. The number of hydrogen-bond acceptors (Lipinski definition) is 3. The van der Waals surface area contributed by atoms with Crippen LogP contribution in [-0.2, 0) is 14.3 Å². The van der Waals surface area contributed by atoms with Gasteiger partial charge in [-0.3, -0.25) is 4.18 Å². The second kappa shape index (κ2) is 3.57. The zero-order chi connectivity index (χ0) is 12.1. The standard InChI is InChI=1S/C10H22O3SSi/c1-8(2)15(5,6)9-7-10(9,3)13-14(4,11)12/h8-9H,7H2,1-6H3. The Morgan fingerprint density at radius 2 is 1.87 bits per heavy atom. The molecule has 0 aromatic carbocycles. The first-order chi connectivity index (χ1) is 6.49. The summed E-state index contributed by atoms with van der Waals surface area (Å²) in [5, 5.41) is 0. The molecule has 1 saturated carbocycles. The van der Waals surface area contributed by atoms with Crippen molar-refractivity contribution in [2.24, 2.45) is 0 Å². The van der Waals surface area contributed by atoms with E-state index in [-0.39, 0.29) is 0 Å². The summed E-state index contributed by atoms with van der Waals surface area (Å²) in [6.45, 7) is 11.0. The molecule has 0 aromatic rings. The lowest BCUT2D eigenvalue weighted by molar-refractivity contribution is 0.209. The van der Waals surface area contributed by atoms with Crippen molar-refractivity contribution < 1.29 is 12.6 Å². The van der Waals surface area contributed by atoms with Crippen LogP contribution in [0, 0.1) is 0 Å². The first-order valence-corrected chi connectivity index (χ1v) is 10.4. The van der Waals surface area contributed by atoms with Crippen LogP contribution in [0.3, 0.4) is 0 Å². The average molecular weight is 250 g/mol. The molecular weight excluding hydrogens is 228 g/mol. The quantitative estimate of drug-likeness (QED) is 0.569. The molecule has 1 aliphatic rings. The predicted molar refractivity (Wildman–Crippen MR) is 65.3 cm³/mol. The lowest BCUT2D eigenvalue weighted by atomic mass is 10.4. The topological polar surface area (TPSA) is 43.4 Å². The molecule has 0 bridgehead atoms. The summed E-state index contributed by atoms with van der Waals surface area (Å²) in [5.74, 6) is 0. The molecule has 0 N–H and O–H groups in total. The SMILES string of the molecule is CC(C)[Si](C)(C)C1CC1(C)OS(C)(=O)=O. The molecule has 0 spiro atoms. The normalized spacial score (nSPS) is 32.1. The summed E-state index contributed by atoms with van der Waals surface area (Å²) in [4.78, 5) is 0. The van der Waals surface area contributed by atoms with E-state index in [1.807, 2.05) is 6.92 Å². The molecule has 0 radical (unpaired) electrons. The maximum atomic E-state index is 11.1. The van der Waals surface area contributed by atoms with Crippen LogP contribution in [-0.4, -0.2) is 28.3 Å². The molecule has 1 aliphatic carbocycles. The Balaban J connectivity index is 2.74. The lowest BCUT2D eigenvalue weighted by Gasteiger charge is -2.29. The molecule has 1 fully saturated rings. The highest BCUT2D eigenvalue weighted by atomic mass is 32.2. The summed E-state index contributed by atoms with van der Waals surface area (Å²) >= 11 is 0. The second-order valence-electron chi connectivity index (χ2n) is 5.83. The minimum absolute atomic E-state index is 0.409. The third-order valence-electron chi connectivity index (χ3n) is 3.91. The summed E-state index contributed by atoms with van der Waals surface area (Å²) in [6.07, 6.45) is 2.04. The summed E-state index contributed by atoms with van der Waals surface area (Å²) in [7, 11) is -4.69. The van der Waals surface area contributed by atoms with Gasteiger partial charge in [0.05, 0.1) is 19.9 Å². The zero-order valence-corrected chi connectivity index (χ0v) is 12.3. The number of hydrogen-bond donors (Lipinski definition) is 0. The Labute approximate surface area is 94.3 Å². The Bertz CT molecular complexity index is 348. The Kier molecular flexibility index (Phi) is 3.14. The van der Waals surface area contributed by atoms with Crippen molar-refractivity contribution in [2.75, 3.05) is 6.26 Å². The van der Waals surface area contributed by atoms with Crippen LogP contribution >= 0.6 is 0 Å². The molecule has 90 valence electrons. The van der Waals surface area contributed by atoms with E-state index in [9.17, 15) is 8.42 Å². The van der Waals surface area contributed by atoms with Gasteiger partial charge in [0.25, 0.3) is 10.1 Å². The van der Waals surface area contributed by atoms with Crippen molar-refractivity contribution in [3.63, 3.8) is 0 Å². The van der Waals surface area contributed by atoms with E-state index in [0.29, 0.717) is 11.1 Å². The van der Waals surface area contributed by atoms with Crippen molar-refractivity contribution in [1.82, 2.24) is 0 Å². The molecule has 0 amide bonds. The van der Waals surface area contributed by atoms with E-state index in [4.69, 9.17) is 4.18 Å². The van der Waals surface area contributed by atoms with Gasteiger partial charge in [0.2, 0.25) is 0 Å². The highest BCUT2D eigenvalue weighted by Crippen LogP contribution is 2.60. The fourth-order valence-corrected chi connectivity index (χ4v) is 6.57. The first kappa shape index (κ1) is 13.2. The summed E-state index contributed by atoms with van der Waals surface area (Å²) in [5.41, 5.74) is 0.723. The van der Waals surface area contributed by atoms with Gasteiger partial charge >= 0.3 is 0 Å². The van der Waals surface area contributed by atoms with E-state index in [0.717, 1.165) is 12.7 Å². The van der Waals surface area contributed by atoms with Gasteiger partial charge < -0.3 is 0 Å². The maximum absolute atomic E-state index is 11.1. The van der Waals surface area contributed by atoms with E-state index >= 15 is 0 Å². The third-order valence-corrected chi connectivity index (χ3v) is 10.2. The lowest BCUT2D eigenvalue weighted by Crippen LogP contribution is -2.34. The van der Waals surface area contributed by atoms with Crippen molar-refractivity contribution in [3.8, 4) is 0 Å². The van der Waals surface area contributed by atoms with Crippen molar-refractivity contribution in [2.45, 2.75) is 57.0 Å². The highest BCUT2D eigenvalue weighted by Gasteiger charge is 2.61. The van der Waals surface area contributed by atoms with Crippen LogP contribution in [0.5, 0.6) is 0 Å². The van der Waals surface area contributed by atoms with Crippen LogP contribution in [0.25, 0.3) is 0 Å². The second-order valence-corrected chi connectivity index (χ2v) is 12.9. The monoisotopic (exact) mass is 250 g/mol. The van der Waals surface area contributed by atoms with Crippen LogP contribution in [0.15, 0.2) is 0 Å². The molecule has 15 heavy (non-hydrogen) atoms. The van der Waals surface area contributed by atoms with E-state index in [1.54, 1.807) is 0 Å². The molecular formula is C10H22O3SSi. The summed E-state index contributed by atoms with van der Waals surface area (Å²) < 4.78 is 27.4. The van der Waals surface area contributed by atoms with Gasteiger partial charge in [-0.1, -0.05) is 32.5 Å². The molecule has 5 heteroatoms. The smallest absolute Gasteiger partial charge is 0.264 e. The Hall–Kier alpha value is 0.127. The Morgan fingerprint density at radius 1 is 1.40 bits per heavy atom. The van der Waals surface area contributed by atoms with Gasteiger partial charge in [0.1, 0.15) is 0 Å². The highest BCUT2D eigenvalue weighted by molar-refractivity contribution is 7.86. The van der Waals surface area contributed by atoms with Crippen molar-refractivity contribution >= 4 is 18.2 Å². The number of rotatable bonds is 4. The Morgan fingerprint density at radius 3 is 2.20 bits per heavy atom. The van der Waals surface area contributed by atoms with E-state index < -0.39 is 23.8 Å². The summed E-state index contributed by atoms with van der Waals surface area (Å²) in [6, 6.07) is 0. The minimum Gasteiger partial charge on any atom is -0.264 e. The molecule has 2 unspecified atom stereocenters. The maximum Gasteiger partial charge on any atom is 0.264 e. The largest absolute Gasteiger partial charge is 0.264 e. The van der Waals surface area contributed by atoms with Gasteiger partial charge in [-0.15, -0.1) is 0 Å².